The van der Waals surface area contributed by atoms with Gasteiger partial charge in [0.15, 0.2) is 0 Å². The molecule has 0 aliphatic carbocycles. The Hall–Kier alpha value is -3.70. The van der Waals surface area contributed by atoms with Gasteiger partial charge >= 0.3 is 0 Å². The first-order valence-electron chi connectivity index (χ1n) is 13.5. The van der Waals surface area contributed by atoms with Crippen LogP contribution >= 0.6 is 0 Å². The maximum Gasteiger partial charge on any atom is 0.266 e. The molecule has 2 saturated heterocycles. The van der Waals surface area contributed by atoms with Crippen LogP contribution in [0.2, 0.25) is 0 Å². The minimum absolute atomic E-state index is 0.0528. The smallest absolute Gasteiger partial charge is 0.266 e. The zero-order chi connectivity index (χ0) is 28.4. The third-order valence-corrected chi connectivity index (χ3v) is 7.69. The van der Waals surface area contributed by atoms with Gasteiger partial charge in [0.05, 0.1) is 17.7 Å². The standard InChI is InChI=1S/C29H32F2N4O5/c1-2-29(30,31)18-34-14-12-33(13-15-34)16-19-6-8-20(9-7-19)17-40-23-5-3-4-21-25(23)28(39)35(27(21)38)22-10-11-24(36)32-26(22)37/h3-9,22H,2,10-18H2,1H3,(H,32,36,37). The number of piperazine rings is 1. The van der Waals surface area contributed by atoms with Crippen molar-refractivity contribution in [1.29, 1.82) is 0 Å². The fraction of sp³-hybridized carbons (Fsp3) is 0.448. The summed E-state index contributed by atoms with van der Waals surface area (Å²) in [6.45, 7) is 4.90. The molecule has 3 aliphatic rings. The molecule has 1 unspecified atom stereocenters. The number of rotatable bonds is 9. The maximum atomic E-state index is 13.7. The first-order chi connectivity index (χ1) is 19.1. The molecule has 2 aromatic carbocycles. The zero-order valence-corrected chi connectivity index (χ0v) is 22.3. The summed E-state index contributed by atoms with van der Waals surface area (Å²) in [7, 11) is 0. The lowest BCUT2D eigenvalue weighted by Gasteiger charge is -2.36. The summed E-state index contributed by atoms with van der Waals surface area (Å²) in [5.41, 5.74) is 2.25. The van der Waals surface area contributed by atoms with E-state index >= 15 is 0 Å². The molecule has 11 heteroatoms. The van der Waals surface area contributed by atoms with Gasteiger partial charge in [-0.25, -0.2) is 8.78 Å². The molecular weight excluding hydrogens is 522 g/mol. The number of hydrogen-bond acceptors (Lipinski definition) is 7. The van der Waals surface area contributed by atoms with E-state index in [1.807, 2.05) is 29.2 Å². The third kappa shape index (κ3) is 5.90. The highest BCUT2D eigenvalue weighted by Crippen LogP contribution is 2.34. The molecule has 3 heterocycles. The average Bonchev–Trinajstić information content (AvgIpc) is 3.19. The van der Waals surface area contributed by atoms with Crippen LogP contribution in [-0.4, -0.2) is 83.0 Å². The summed E-state index contributed by atoms with van der Waals surface area (Å²) in [5.74, 6) is -4.67. The largest absolute Gasteiger partial charge is 0.488 e. The highest BCUT2D eigenvalue weighted by molar-refractivity contribution is 6.24. The quantitative estimate of drug-likeness (QED) is 0.476. The van der Waals surface area contributed by atoms with Crippen molar-refractivity contribution in [1.82, 2.24) is 20.0 Å². The van der Waals surface area contributed by atoms with Gasteiger partial charge in [-0.05, 0) is 29.7 Å². The first-order valence-corrected chi connectivity index (χ1v) is 13.5. The molecule has 2 aromatic rings. The van der Waals surface area contributed by atoms with Crippen LogP contribution in [0.25, 0.3) is 0 Å². The predicted octanol–water partition coefficient (Wildman–Crippen LogP) is 2.83. The van der Waals surface area contributed by atoms with E-state index in [9.17, 15) is 28.0 Å². The second-order valence-electron chi connectivity index (χ2n) is 10.5. The maximum absolute atomic E-state index is 13.7. The van der Waals surface area contributed by atoms with Crippen LogP contribution < -0.4 is 10.1 Å². The van der Waals surface area contributed by atoms with E-state index in [0.29, 0.717) is 13.1 Å². The van der Waals surface area contributed by atoms with Gasteiger partial charge in [0.1, 0.15) is 18.4 Å². The number of halogens is 2. The topological polar surface area (TPSA) is 99.3 Å². The highest BCUT2D eigenvalue weighted by atomic mass is 19.3. The van der Waals surface area contributed by atoms with E-state index in [2.05, 4.69) is 10.2 Å². The van der Waals surface area contributed by atoms with Crippen molar-refractivity contribution in [2.45, 2.75) is 51.3 Å². The summed E-state index contributed by atoms with van der Waals surface area (Å²) in [6, 6.07) is 11.6. The number of ether oxygens (including phenoxy) is 1. The SMILES string of the molecule is CCC(F)(F)CN1CCN(Cc2ccc(COc3cccc4c3C(=O)N(C3CCC(=O)NC3=O)C4=O)cc2)CC1. The fourth-order valence-electron chi connectivity index (χ4n) is 5.31. The lowest BCUT2D eigenvalue weighted by molar-refractivity contribution is -0.136. The van der Waals surface area contributed by atoms with Crippen molar-refractivity contribution in [2.24, 2.45) is 0 Å². The molecule has 1 N–H and O–H groups in total. The Kier molecular flexibility index (Phi) is 7.95. The Morgan fingerprint density at radius 2 is 1.60 bits per heavy atom. The van der Waals surface area contributed by atoms with Crippen LogP contribution in [0.5, 0.6) is 5.75 Å². The number of imide groups is 2. The van der Waals surface area contributed by atoms with Crippen LogP contribution in [0.3, 0.4) is 0 Å². The van der Waals surface area contributed by atoms with Crippen molar-refractivity contribution in [3.05, 3.63) is 64.7 Å². The van der Waals surface area contributed by atoms with Gasteiger partial charge in [-0.2, -0.15) is 0 Å². The Bertz CT molecular complexity index is 1310. The number of piperidine rings is 1. The molecular formula is C29H32F2N4O5. The van der Waals surface area contributed by atoms with E-state index in [1.54, 1.807) is 12.1 Å². The summed E-state index contributed by atoms with van der Waals surface area (Å²) >= 11 is 0. The second kappa shape index (κ2) is 11.4. The molecule has 5 rings (SSSR count). The number of alkyl halides is 2. The molecule has 3 aliphatic heterocycles. The molecule has 0 bridgehead atoms. The molecule has 4 amide bonds. The number of hydrogen-bond donors (Lipinski definition) is 1. The molecule has 2 fully saturated rings. The van der Waals surface area contributed by atoms with E-state index in [-0.39, 0.29) is 49.3 Å². The van der Waals surface area contributed by atoms with E-state index in [4.69, 9.17) is 4.74 Å². The van der Waals surface area contributed by atoms with Crippen molar-refractivity contribution >= 4 is 23.6 Å². The Morgan fingerprint density at radius 3 is 2.27 bits per heavy atom. The van der Waals surface area contributed by atoms with Crippen molar-refractivity contribution in [2.75, 3.05) is 32.7 Å². The summed E-state index contributed by atoms with van der Waals surface area (Å²) < 4.78 is 33.3. The highest BCUT2D eigenvalue weighted by Gasteiger charge is 2.46. The van der Waals surface area contributed by atoms with Gasteiger partial charge < -0.3 is 4.74 Å². The molecule has 0 aromatic heterocycles. The number of carbonyl (C=O) groups is 4. The van der Waals surface area contributed by atoms with Crippen LogP contribution in [0, 0.1) is 0 Å². The van der Waals surface area contributed by atoms with Crippen LogP contribution in [0.15, 0.2) is 42.5 Å². The molecule has 9 nitrogen and oxygen atoms in total. The number of nitrogens with zero attached hydrogens (tertiary/aromatic N) is 3. The summed E-state index contributed by atoms with van der Waals surface area (Å²) in [4.78, 5) is 55.0. The Morgan fingerprint density at radius 1 is 0.925 bits per heavy atom. The average molecular weight is 555 g/mol. The molecule has 40 heavy (non-hydrogen) atoms. The van der Waals surface area contributed by atoms with Crippen molar-refractivity contribution in [3.63, 3.8) is 0 Å². The Labute approximate surface area is 231 Å². The van der Waals surface area contributed by atoms with Gasteiger partial charge in [-0.15, -0.1) is 0 Å². The van der Waals surface area contributed by atoms with Crippen LogP contribution in [-0.2, 0) is 22.7 Å². The van der Waals surface area contributed by atoms with Gasteiger partial charge in [0.2, 0.25) is 11.8 Å². The number of carbonyl (C=O) groups excluding carboxylic acids is 4. The minimum Gasteiger partial charge on any atom is -0.488 e. The van der Waals surface area contributed by atoms with Gasteiger partial charge in [0.25, 0.3) is 17.7 Å². The predicted molar refractivity (Wildman–Crippen MR) is 141 cm³/mol. The minimum atomic E-state index is -2.64. The number of benzene rings is 2. The van der Waals surface area contributed by atoms with E-state index in [0.717, 1.165) is 35.7 Å². The normalized spacial score (nSPS) is 20.6. The zero-order valence-electron chi connectivity index (χ0n) is 22.3. The van der Waals surface area contributed by atoms with Crippen LogP contribution in [0.1, 0.15) is 58.0 Å². The Balaban J connectivity index is 1.17. The third-order valence-electron chi connectivity index (χ3n) is 7.69. The van der Waals surface area contributed by atoms with Crippen molar-refractivity contribution in [3.8, 4) is 5.75 Å². The number of nitrogens with one attached hydrogen (secondary N) is 1. The second-order valence-corrected chi connectivity index (χ2v) is 10.5. The fourth-order valence-corrected chi connectivity index (χ4v) is 5.31. The van der Waals surface area contributed by atoms with Gasteiger partial charge in [0, 0.05) is 45.6 Å². The summed E-state index contributed by atoms with van der Waals surface area (Å²) in [6.07, 6.45) is -0.00827. The van der Waals surface area contributed by atoms with Gasteiger partial charge in [-0.1, -0.05) is 37.3 Å². The van der Waals surface area contributed by atoms with E-state index < -0.39 is 35.6 Å². The van der Waals surface area contributed by atoms with E-state index in [1.165, 1.54) is 13.0 Å². The lowest BCUT2D eigenvalue weighted by atomic mass is 10.0. The first kappa shape index (κ1) is 27.9. The van der Waals surface area contributed by atoms with Gasteiger partial charge in [-0.3, -0.25) is 39.2 Å². The molecule has 0 radical (unpaired) electrons. The summed E-state index contributed by atoms with van der Waals surface area (Å²) in [5, 5.41) is 2.19. The van der Waals surface area contributed by atoms with Crippen molar-refractivity contribution < 1.29 is 32.7 Å². The number of fused-ring (bicyclic) bond motifs is 1. The molecule has 1 atom stereocenters. The molecule has 0 saturated carbocycles. The molecule has 0 spiro atoms. The number of amides is 4. The molecule has 212 valence electrons. The lowest BCUT2D eigenvalue weighted by Crippen LogP contribution is -2.54. The van der Waals surface area contributed by atoms with Crippen LogP contribution in [0.4, 0.5) is 8.78 Å². The monoisotopic (exact) mass is 554 g/mol.